The van der Waals surface area contributed by atoms with Gasteiger partial charge in [0.25, 0.3) is 0 Å². The summed E-state index contributed by atoms with van der Waals surface area (Å²) in [7, 11) is -3.55. The first kappa shape index (κ1) is 29.6. The van der Waals surface area contributed by atoms with Crippen molar-refractivity contribution in [2.75, 3.05) is 17.1 Å². The molecule has 0 heterocycles. The maximum absolute atomic E-state index is 13.4. The molecule has 0 spiro atoms. The van der Waals surface area contributed by atoms with E-state index in [-0.39, 0.29) is 37.4 Å². The Kier molecular flexibility index (Phi) is 10.8. The molecule has 2 rings (SSSR count). The van der Waals surface area contributed by atoms with Gasteiger partial charge >= 0.3 is 0 Å². The van der Waals surface area contributed by atoms with E-state index in [0.717, 1.165) is 23.1 Å². The fourth-order valence-corrected chi connectivity index (χ4v) is 5.08. The van der Waals surface area contributed by atoms with E-state index >= 15 is 0 Å². The van der Waals surface area contributed by atoms with Crippen molar-refractivity contribution in [1.82, 2.24) is 10.2 Å². The van der Waals surface area contributed by atoms with E-state index in [4.69, 9.17) is 11.6 Å². The molecule has 0 saturated carbocycles. The van der Waals surface area contributed by atoms with Crippen molar-refractivity contribution >= 4 is 39.1 Å². The summed E-state index contributed by atoms with van der Waals surface area (Å²) in [6.07, 6.45) is 2.35. The summed E-state index contributed by atoms with van der Waals surface area (Å²) in [5, 5.41) is 3.49. The molecule has 0 aliphatic carbocycles. The van der Waals surface area contributed by atoms with E-state index in [1.54, 1.807) is 25.1 Å². The minimum atomic E-state index is -3.55. The van der Waals surface area contributed by atoms with Gasteiger partial charge in [-0.2, -0.15) is 0 Å². The molecule has 0 bridgehead atoms. The molecular formula is C27H38ClN3O4S. The minimum Gasteiger partial charge on any atom is -0.352 e. The van der Waals surface area contributed by atoms with Gasteiger partial charge in [0.15, 0.2) is 0 Å². The molecule has 0 aliphatic heterocycles. The van der Waals surface area contributed by atoms with Gasteiger partial charge in [0.2, 0.25) is 21.8 Å². The Balaban J connectivity index is 2.21. The fourth-order valence-electron chi connectivity index (χ4n) is 3.85. The number of nitrogens with zero attached hydrogens (tertiary/aromatic N) is 2. The number of sulfonamides is 1. The number of amides is 2. The van der Waals surface area contributed by atoms with Crippen LogP contribution in [-0.2, 0) is 26.2 Å². The van der Waals surface area contributed by atoms with E-state index in [1.165, 1.54) is 15.5 Å². The van der Waals surface area contributed by atoms with Gasteiger partial charge in [0.05, 0.1) is 11.9 Å². The molecular weight excluding hydrogens is 498 g/mol. The molecule has 2 aromatic carbocycles. The van der Waals surface area contributed by atoms with Gasteiger partial charge in [-0.15, -0.1) is 0 Å². The fraction of sp³-hybridized carbons (Fsp3) is 0.481. The topological polar surface area (TPSA) is 86.8 Å². The van der Waals surface area contributed by atoms with Gasteiger partial charge < -0.3 is 10.2 Å². The number of carbonyl (C=O) groups excluding carboxylic acids is 2. The average Bonchev–Trinajstić information content (AvgIpc) is 2.80. The Morgan fingerprint density at radius 2 is 1.78 bits per heavy atom. The third-order valence-electron chi connectivity index (χ3n) is 6.20. The molecule has 198 valence electrons. The summed E-state index contributed by atoms with van der Waals surface area (Å²) >= 11 is 6.14. The number of halogens is 1. The standard InChI is InChI=1S/C27H38ClN3O4S/c1-7-21(4)29-27(33)22(5)30(18-23-10-8-11-24(28)17-23)26(32)12-9-15-31(36(6,34)35)25-16-19(2)13-14-20(25)3/h8,10-11,13-14,16-17,21-22H,7,9,12,15,18H2,1-6H3,(H,29,33)/t21-,22-/m0/s1. The largest absolute Gasteiger partial charge is 0.352 e. The van der Waals surface area contributed by atoms with E-state index in [0.29, 0.717) is 17.1 Å². The Morgan fingerprint density at radius 3 is 2.39 bits per heavy atom. The summed E-state index contributed by atoms with van der Waals surface area (Å²) in [6, 6.07) is 12.1. The zero-order chi connectivity index (χ0) is 27.0. The maximum Gasteiger partial charge on any atom is 0.242 e. The van der Waals surface area contributed by atoms with Crippen molar-refractivity contribution in [3.8, 4) is 0 Å². The van der Waals surface area contributed by atoms with Crippen LogP contribution in [0.25, 0.3) is 0 Å². The first-order valence-corrected chi connectivity index (χ1v) is 14.4. The average molecular weight is 536 g/mol. The second-order valence-corrected chi connectivity index (χ2v) is 11.7. The summed E-state index contributed by atoms with van der Waals surface area (Å²) in [4.78, 5) is 27.8. The van der Waals surface area contributed by atoms with Crippen LogP contribution in [-0.4, -0.2) is 50.0 Å². The van der Waals surface area contributed by atoms with Gasteiger partial charge in [-0.25, -0.2) is 8.42 Å². The quantitative estimate of drug-likeness (QED) is 0.421. The monoisotopic (exact) mass is 535 g/mol. The molecule has 0 fully saturated rings. The lowest BCUT2D eigenvalue weighted by molar-refractivity contribution is -0.140. The highest BCUT2D eigenvalue weighted by Crippen LogP contribution is 2.25. The predicted octanol–water partition coefficient (Wildman–Crippen LogP) is 4.84. The van der Waals surface area contributed by atoms with Crippen LogP contribution in [0.4, 0.5) is 5.69 Å². The number of hydrogen-bond donors (Lipinski definition) is 1. The summed E-state index contributed by atoms with van der Waals surface area (Å²) in [6.45, 7) is 9.76. The van der Waals surface area contributed by atoms with Crippen LogP contribution in [0.1, 0.15) is 56.7 Å². The molecule has 2 amide bonds. The Labute approximate surface area is 220 Å². The SMILES string of the molecule is CC[C@H](C)NC(=O)[C@H](C)N(Cc1cccc(Cl)c1)C(=O)CCCN(c1cc(C)ccc1C)S(C)(=O)=O. The number of rotatable bonds is 12. The van der Waals surface area contributed by atoms with Crippen LogP contribution in [0, 0.1) is 13.8 Å². The molecule has 36 heavy (non-hydrogen) atoms. The lowest BCUT2D eigenvalue weighted by atomic mass is 10.1. The van der Waals surface area contributed by atoms with Crippen LogP contribution in [0.2, 0.25) is 5.02 Å². The summed E-state index contributed by atoms with van der Waals surface area (Å²) < 4.78 is 26.5. The molecule has 0 radical (unpaired) electrons. The zero-order valence-electron chi connectivity index (χ0n) is 22.0. The first-order chi connectivity index (χ1) is 16.8. The Hall–Kier alpha value is -2.58. The summed E-state index contributed by atoms with van der Waals surface area (Å²) in [5.74, 6) is -0.455. The molecule has 0 saturated heterocycles. The Bertz CT molecular complexity index is 1170. The normalized spacial score (nSPS) is 13.1. The number of carbonyl (C=O) groups is 2. The predicted molar refractivity (Wildman–Crippen MR) is 147 cm³/mol. The molecule has 2 aromatic rings. The van der Waals surface area contributed by atoms with E-state index < -0.39 is 16.1 Å². The van der Waals surface area contributed by atoms with E-state index in [9.17, 15) is 18.0 Å². The van der Waals surface area contributed by atoms with Crippen LogP contribution < -0.4 is 9.62 Å². The zero-order valence-corrected chi connectivity index (χ0v) is 23.6. The van der Waals surface area contributed by atoms with Gasteiger partial charge in [-0.1, -0.05) is 42.8 Å². The molecule has 2 atom stereocenters. The van der Waals surface area contributed by atoms with Crippen LogP contribution >= 0.6 is 11.6 Å². The maximum atomic E-state index is 13.4. The number of benzene rings is 2. The summed E-state index contributed by atoms with van der Waals surface area (Å²) in [5.41, 5.74) is 3.22. The number of hydrogen-bond acceptors (Lipinski definition) is 4. The highest BCUT2D eigenvalue weighted by atomic mass is 35.5. The van der Waals surface area contributed by atoms with Crippen LogP contribution in [0.15, 0.2) is 42.5 Å². The lowest BCUT2D eigenvalue weighted by Crippen LogP contribution is -2.49. The van der Waals surface area contributed by atoms with Gasteiger partial charge in [-0.05, 0) is 75.4 Å². The molecule has 7 nitrogen and oxygen atoms in total. The smallest absolute Gasteiger partial charge is 0.242 e. The molecule has 1 N–H and O–H groups in total. The molecule has 0 aromatic heterocycles. The van der Waals surface area contributed by atoms with Gasteiger partial charge in [0, 0.05) is 30.6 Å². The van der Waals surface area contributed by atoms with Crippen molar-refractivity contribution in [3.63, 3.8) is 0 Å². The number of nitrogens with one attached hydrogen (secondary N) is 1. The second kappa shape index (κ2) is 13.1. The van der Waals surface area contributed by atoms with Crippen LogP contribution in [0.5, 0.6) is 0 Å². The van der Waals surface area contributed by atoms with Gasteiger partial charge in [0.1, 0.15) is 6.04 Å². The third kappa shape index (κ3) is 8.52. The van der Waals surface area contributed by atoms with Crippen molar-refractivity contribution < 1.29 is 18.0 Å². The Morgan fingerprint density at radius 1 is 1.08 bits per heavy atom. The lowest BCUT2D eigenvalue weighted by Gasteiger charge is -2.30. The van der Waals surface area contributed by atoms with E-state index in [1.807, 2.05) is 52.0 Å². The first-order valence-electron chi connectivity index (χ1n) is 12.2. The van der Waals surface area contributed by atoms with E-state index in [2.05, 4.69) is 5.32 Å². The molecule has 0 unspecified atom stereocenters. The van der Waals surface area contributed by atoms with Crippen molar-refractivity contribution in [2.45, 2.75) is 72.5 Å². The van der Waals surface area contributed by atoms with Crippen molar-refractivity contribution in [3.05, 3.63) is 64.2 Å². The third-order valence-corrected chi connectivity index (χ3v) is 7.61. The second-order valence-electron chi connectivity index (χ2n) is 9.37. The van der Waals surface area contributed by atoms with Gasteiger partial charge in [-0.3, -0.25) is 13.9 Å². The number of anilines is 1. The highest BCUT2D eigenvalue weighted by Gasteiger charge is 2.27. The molecule has 0 aliphatic rings. The van der Waals surface area contributed by atoms with Crippen LogP contribution in [0.3, 0.4) is 0 Å². The van der Waals surface area contributed by atoms with Crippen molar-refractivity contribution in [2.24, 2.45) is 0 Å². The van der Waals surface area contributed by atoms with Crippen molar-refractivity contribution in [1.29, 1.82) is 0 Å². The minimum absolute atomic E-state index is 0.0102. The number of aryl methyl sites for hydroxylation is 2. The highest BCUT2D eigenvalue weighted by molar-refractivity contribution is 7.92. The molecule has 9 heteroatoms.